The second kappa shape index (κ2) is 5.64. The zero-order valence-electron chi connectivity index (χ0n) is 11.5. The summed E-state index contributed by atoms with van der Waals surface area (Å²) in [6.07, 6.45) is -4.69. The van der Waals surface area contributed by atoms with Crippen LogP contribution in [-0.2, 0) is 21.0 Å². The van der Waals surface area contributed by atoms with Gasteiger partial charge in [-0.1, -0.05) is 6.07 Å². The number of hydrogen-bond donors (Lipinski definition) is 1. The Morgan fingerprint density at radius 3 is 2.29 bits per heavy atom. The van der Waals surface area contributed by atoms with Crippen LogP contribution in [0.15, 0.2) is 23.1 Å². The molecule has 0 amide bonds. The van der Waals surface area contributed by atoms with Crippen LogP contribution in [0, 0.1) is 6.92 Å². The largest absolute Gasteiger partial charge is 0.480 e. The lowest BCUT2D eigenvalue weighted by molar-refractivity contribution is -0.140. The van der Waals surface area contributed by atoms with Crippen LogP contribution < -0.4 is 0 Å². The predicted octanol–water partition coefficient (Wildman–Crippen LogP) is 2.11. The quantitative estimate of drug-likeness (QED) is 0.920. The second-order valence-electron chi connectivity index (χ2n) is 4.51. The molecule has 1 rings (SSSR count). The SMILES string of the molecule is Cc1ccc(S(=O)(=O)N(C)C(C)C(=O)O)cc1C(F)(F)F. The number of hydrogen-bond acceptors (Lipinski definition) is 3. The standard InChI is InChI=1S/C12H14F3NO4S/c1-7-4-5-9(6-10(7)12(13,14)15)21(19,20)16(3)8(2)11(17)18/h4-6,8H,1-3H3,(H,17,18). The first-order chi connectivity index (χ1) is 9.39. The number of alkyl halides is 3. The topological polar surface area (TPSA) is 74.7 Å². The van der Waals surface area contributed by atoms with Gasteiger partial charge in [-0.15, -0.1) is 0 Å². The zero-order valence-corrected chi connectivity index (χ0v) is 12.3. The second-order valence-corrected chi connectivity index (χ2v) is 6.51. The van der Waals surface area contributed by atoms with Gasteiger partial charge in [0.2, 0.25) is 10.0 Å². The number of aliphatic carboxylic acids is 1. The van der Waals surface area contributed by atoms with Crippen LogP contribution in [0.25, 0.3) is 0 Å². The molecule has 1 unspecified atom stereocenters. The van der Waals surface area contributed by atoms with Gasteiger partial charge in [0.1, 0.15) is 6.04 Å². The fourth-order valence-electron chi connectivity index (χ4n) is 1.60. The van der Waals surface area contributed by atoms with Crippen molar-refractivity contribution in [1.82, 2.24) is 4.31 Å². The molecule has 21 heavy (non-hydrogen) atoms. The van der Waals surface area contributed by atoms with Gasteiger partial charge in [0.05, 0.1) is 10.5 Å². The third-order valence-corrected chi connectivity index (χ3v) is 5.02. The van der Waals surface area contributed by atoms with E-state index in [-0.39, 0.29) is 5.56 Å². The Labute approximate surface area is 120 Å². The maximum Gasteiger partial charge on any atom is 0.416 e. The lowest BCUT2D eigenvalue weighted by Gasteiger charge is -2.22. The summed E-state index contributed by atoms with van der Waals surface area (Å²) in [5.74, 6) is -1.40. The lowest BCUT2D eigenvalue weighted by atomic mass is 10.1. The summed E-state index contributed by atoms with van der Waals surface area (Å²) < 4.78 is 63.2. The summed E-state index contributed by atoms with van der Waals surface area (Å²) in [4.78, 5) is 10.2. The Morgan fingerprint density at radius 1 is 1.33 bits per heavy atom. The van der Waals surface area contributed by atoms with Gasteiger partial charge in [0, 0.05) is 7.05 Å². The number of carbonyl (C=O) groups is 1. The third kappa shape index (κ3) is 3.53. The molecule has 0 heterocycles. The summed E-state index contributed by atoms with van der Waals surface area (Å²) in [6, 6.07) is 1.17. The van der Waals surface area contributed by atoms with Gasteiger partial charge in [-0.2, -0.15) is 17.5 Å². The number of rotatable bonds is 4. The Morgan fingerprint density at radius 2 is 1.86 bits per heavy atom. The van der Waals surface area contributed by atoms with E-state index >= 15 is 0 Å². The van der Waals surface area contributed by atoms with Crippen molar-refractivity contribution in [3.05, 3.63) is 29.3 Å². The number of carboxylic acids is 1. The minimum Gasteiger partial charge on any atom is -0.480 e. The van der Waals surface area contributed by atoms with E-state index in [2.05, 4.69) is 0 Å². The lowest BCUT2D eigenvalue weighted by Crippen LogP contribution is -2.40. The van der Waals surface area contributed by atoms with Crippen LogP contribution in [0.2, 0.25) is 0 Å². The summed E-state index contributed by atoms with van der Waals surface area (Å²) in [5.41, 5.74) is -1.18. The average Bonchev–Trinajstić information content (AvgIpc) is 2.35. The first-order valence-electron chi connectivity index (χ1n) is 5.77. The molecular weight excluding hydrogens is 311 g/mol. The molecule has 1 atom stereocenters. The molecule has 9 heteroatoms. The molecule has 5 nitrogen and oxygen atoms in total. The van der Waals surface area contributed by atoms with Gasteiger partial charge in [0.25, 0.3) is 0 Å². The zero-order chi connectivity index (χ0) is 16.6. The molecule has 118 valence electrons. The minimum atomic E-state index is -4.69. The van der Waals surface area contributed by atoms with Crippen LogP contribution in [0.3, 0.4) is 0 Å². The maximum absolute atomic E-state index is 12.8. The molecule has 0 radical (unpaired) electrons. The van der Waals surface area contributed by atoms with Gasteiger partial charge in [-0.05, 0) is 31.5 Å². The summed E-state index contributed by atoms with van der Waals surface area (Å²) in [5, 5.41) is 8.80. The van der Waals surface area contributed by atoms with Crippen molar-refractivity contribution in [3.8, 4) is 0 Å². The van der Waals surface area contributed by atoms with Crippen LogP contribution in [0.1, 0.15) is 18.1 Å². The van der Waals surface area contributed by atoms with E-state index in [4.69, 9.17) is 5.11 Å². The fraction of sp³-hybridized carbons (Fsp3) is 0.417. The van der Waals surface area contributed by atoms with Crippen molar-refractivity contribution in [2.45, 2.75) is 31.0 Å². The molecule has 0 bridgehead atoms. The molecule has 0 aliphatic carbocycles. The van der Waals surface area contributed by atoms with Crippen LogP contribution >= 0.6 is 0 Å². The van der Waals surface area contributed by atoms with Crippen molar-refractivity contribution in [1.29, 1.82) is 0 Å². The first kappa shape index (κ1) is 17.4. The fourth-order valence-corrected chi connectivity index (χ4v) is 2.94. The Hall–Kier alpha value is -1.61. The van der Waals surface area contributed by atoms with E-state index in [0.717, 1.165) is 26.1 Å². The number of carboxylic acid groups (broad SMARTS) is 1. The predicted molar refractivity (Wildman–Crippen MR) is 68.2 cm³/mol. The molecule has 1 N–H and O–H groups in total. The van der Waals surface area contributed by atoms with Gasteiger partial charge in [0.15, 0.2) is 0 Å². The van der Waals surface area contributed by atoms with E-state index < -0.39 is 38.7 Å². The first-order valence-corrected chi connectivity index (χ1v) is 7.21. The molecule has 0 aromatic heterocycles. The highest BCUT2D eigenvalue weighted by atomic mass is 32.2. The third-order valence-electron chi connectivity index (χ3n) is 3.09. The number of benzene rings is 1. The number of nitrogens with zero attached hydrogens (tertiary/aromatic N) is 1. The summed E-state index contributed by atoms with van der Waals surface area (Å²) >= 11 is 0. The summed E-state index contributed by atoms with van der Waals surface area (Å²) in [7, 11) is -3.33. The molecule has 0 spiro atoms. The normalized spacial score (nSPS) is 14.2. The van der Waals surface area contributed by atoms with E-state index in [1.54, 1.807) is 0 Å². The average molecular weight is 325 g/mol. The number of halogens is 3. The van der Waals surface area contributed by atoms with Crippen molar-refractivity contribution in [3.63, 3.8) is 0 Å². The number of aryl methyl sites for hydroxylation is 1. The molecule has 1 aromatic carbocycles. The van der Waals surface area contributed by atoms with Crippen molar-refractivity contribution < 1.29 is 31.5 Å². The Balaban J connectivity index is 3.37. The molecule has 0 aliphatic heterocycles. The summed E-state index contributed by atoms with van der Waals surface area (Å²) in [6.45, 7) is 2.33. The van der Waals surface area contributed by atoms with Crippen LogP contribution in [0.4, 0.5) is 13.2 Å². The van der Waals surface area contributed by atoms with Crippen molar-refractivity contribution >= 4 is 16.0 Å². The molecule has 1 aromatic rings. The molecule has 0 fully saturated rings. The van der Waals surface area contributed by atoms with Gasteiger partial charge >= 0.3 is 12.1 Å². The smallest absolute Gasteiger partial charge is 0.416 e. The van der Waals surface area contributed by atoms with E-state index in [1.807, 2.05) is 0 Å². The highest BCUT2D eigenvalue weighted by Crippen LogP contribution is 2.33. The van der Waals surface area contributed by atoms with E-state index in [0.29, 0.717) is 10.4 Å². The van der Waals surface area contributed by atoms with Crippen LogP contribution in [0.5, 0.6) is 0 Å². The highest BCUT2D eigenvalue weighted by Gasteiger charge is 2.35. The molecule has 0 aliphatic rings. The minimum absolute atomic E-state index is 0.115. The highest BCUT2D eigenvalue weighted by molar-refractivity contribution is 7.89. The van der Waals surface area contributed by atoms with Crippen LogP contribution in [-0.4, -0.2) is 36.9 Å². The molecule has 0 saturated carbocycles. The number of sulfonamides is 1. The van der Waals surface area contributed by atoms with Gasteiger partial charge in [-0.3, -0.25) is 4.79 Å². The monoisotopic (exact) mass is 325 g/mol. The Bertz CT molecular complexity index is 655. The number of likely N-dealkylation sites (N-methyl/N-ethyl adjacent to an activating group) is 1. The maximum atomic E-state index is 12.8. The van der Waals surface area contributed by atoms with Crippen molar-refractivity contribution in [2.24, 2.45) is 0 Å². The molecule has 0 saturated heterocycles. The van der Waals surface area contributed by atoms with Gasteiger partial charge < -0.3 is 5.11 Å². The van der Waals surface area contributed by atoms with E-state index in [1.165, 1.54) is 6.92 Å². The van der Waals surface area contributed by atoms with Gasteiger partial charge in [-0.25, -0.2) is 8.42 Å². The van der Waals surface area contributed by atoms with E-state index in [9.17, 15) is 26.4 Å². The Kier molecular flexibility index (Phi) is 4.69. The molecular formula is C12H14F3NO4S. The van der Waals surface area contributed by atoms with Crippen molar-refractivity contribution in [2.75, 3.05) is 7.05 Å².